The summed E-state index contributed by atoms with van der Waals surface area (Å²) in [5.74, 6) is 0. The zero-order valence-electron chi connectivity index (χ0n) is 38.8. The maximum Gasteiger partial charge on any atom is 0.0714 e. The minimum Gasteiger partial charge on any atom is -0.309 e. The monoisotopic (exact) mass is 672 g/mol. The van der Waals surface area contributed by atoms with E-state index in [0.29, 0.717) is 11.1 Å². The van der Waals surface area contributed by atoms with Gasteiger partial charge < -0.3 is 4.90 Å². The molecule has 0 N–H and O–H groups in total. The molecule has 0 radical (unpaired) electrons. The minimum atomic E-state index is -0.927. The van der Waals surface area contributed by atoms with E-state index >= 15 is 0 Å². The third-order valence-corrected chi connectivity index (χ3v) is 10.1. The van der Waals surface area contributed by atoms with Crippen molar-refractivity contribution in [1.82, 2.24) is 0 Å². The molecule has 244 valence electrons. The van der Waals surface area contributed by atoms with Crippen LogP contribution in [-0.4, -0.2) is 0 Å². The van der Waals surface area contributed by atoms with Crippen LogP contribution in [0.4, 0.5) is 17.1 Å². The van der Waals surface area contributed by atoms with E-state index in [4.69, 9.17) is 6.85 Å². The highest BCUT2D eigenvalue weighted by atomic mass is 15.1. The molecule has 9 aromatic carbocycles. The molecule has 1 aliphatic rings. The highest BCUT2D eigenvalue weighted by Crippen LogP contribution is 2.59. The Kier molecular flexibility index (Phi) is 4.92. The molecular formula is C51H35N. The fourth-order valence-corrected chi connectivity index (χ4v) is 7.98. The van der Waals surface area contributed by atoms with Gasteiger partial charge in [-0.15, -0.1) is 0 Å². The third-order valence-electron chi connectivity index (χ3n) is 10.1. The van der Waals surface area contributed by atoms with E-state index in [0.717, 1.165) is 38.6 Å². The largest absolute Gasteiger partial charge is 0.309 e. The van der Waals surface area contributed by atoms with E-state index in [1.54, 1.807) is 18.2 Å². The Morgan fingerprint density at radius 2 is 1.02 bits per heavy atom. The minimum absolute atomic E-state index is 0.0573. The van der Waals surface area contributed by atoms with Gasteiger partial charge in [0.25, 0.3) is 0 Å². The molecule has 0 aliphatic heterocycles. The van der Waals surface area contributed by atoms with Crippen LogP contribution in [0.5, 0.6) is 0 Å². The van der Waals surface area contributed by atoms with Crippen molar-refractivity contribution in [1.29, 1.82) is 0 Å². The Labute approximate surface area is 320 Å². The zero-order valence-corrected chi connectivity index (χ0v) is 27.8. The molecule has 0 fully saturated rings. The van der Waals surface area contributed by atoms with Crippen molar-refractivity contribution in [2.75, 3.05) is 4.90 Å². The number of hydrogen-bond acceptors (Lipinski definition) is 1. The number of fused-ring (bicyclic) bond motifs is 5. The summed E-state index contributed by atoms with van der Waals surface area (Å²) in [6.07, 6.45) is 0. The van der Waals surface area contributed by atoms with E-state index in [9.17, 15) is 8.22 Å². The summed E-state index contributed by atoms with van der Waals surface area (Å²) in [6, 6.07) is 40.5. The predicted octanol–water partition coefficient (Wildman–Crippen LogP) is 13.5. The average Bonchev–Trinajstić information content (AvgIpc) is 3.62. The molecule has 0 heterocycles. The molecule has 10 rings (SSSR count). The Balaban J connectivity index is 1.40. The molecule has 1 heteroatoms. The summed E-state index contributed by atoms with van der Waals surface area (Å²) in [6.45, 7) is 0. The van der Waals surface area contributed by atoms with Gasteiger partial charge in [0.15, 0.2) is 0 Å². The van der Waals surface area contributed by atoms with Gasteiger partial charge in [0, 0.05) is 16.6 Å². The van der Waals surface area contributed by atoms with Crippen LogP contribution in [-0.2, 0) is 5.41 Å². The number of rotatable bonds is 6. The highest BCUT2D eigenvalue weighted by Gasteiger charge is 2.47. The molecule has 0 amide bonds. The first-order valence-corrected chi connectivity index (χ1v) is 17.1. The molecule has 0 saturated carbocycles. The number of hydrogen-bond donors (Lipinski definition) is 0. The van der Waals surface area contributed by atoms with Crippen molar-refractivity contribution in [2.24, 2.45) is 0 Å². The van der Waals surface area contributed by atoms with Gasteiger partial charge >= 0.3 is 0 Å². The molecule has 0 saturated heterocycles. The zero-order chi connectivity index (χ0) is 44.1. The van der Waals surface area contributed by atoms with Gasteiger partial charge in [0.1, 0.15) is 0 Å². The van der Waals surface area contributed by atoms with Crippen molar-refractivity contribution < 1.29 is 15.1 Å². The normalized spacial score (nSPS) is 15.7. The van der Waals surface area contributed by atoms with E-state index in [2.05, 4.69) is 30.3 Å². The van der Waals surface area contributed by atoms with Crippen molar-refractivity contribution >= 4 is 38.6 Å². The quantitative estimate of drug-likeness (QED) is 0.170. The molecule has 0 spiro atoms. The molecular weight excluding hydrogens is 627 g/mol. The van der Waals surface area contributed by atoms with Crippen LogP contribution < -0.4 is 4.90 Å². The highest BCUT2D eigenvalue weighted by molar-refractivity contribution is 6.04. The Bertz CT molecular complexity index is 3290. The standard InChI is InChI=1S/C51H35N/c1-3-20-39(21-4-1)51(40-22-5-2-6-23-40)46-28-12-11-26-45(46)50-47(51)29-15-31-49(50)52(48-30-14-19-37-17-8-10-25-44(37)48)41-34-32-38(33-35-41)43-27-13-18-36-16-7-9-24-42(36)43/h1-35H/i8D,10D,14D,17D,19D,25D,30D,32D,33D,34D,35D. The lowest BCUT2D eigenvalue weighted by Gasteiger charge is -2.34. The van der Waals surface area contributed by atoms with Crippen molar-refractivity contribution in [3.05, 3.63) is 234 Å². The van der Waals surface area contributed by atoms with Gasteiger partial charge in [-0.2, -0.15) is 0 Å². The maximum absolute atomic E-state index is 9.87. The van der Waals surface area contributed by atoms with Crippen molar-refractivity contribution in [2.45, 2.75) is 5.41 Å². The molecule has 0 bridgehead atoms. The van der Waals surface area contributed by atoms with Gasteiger partial charge in [-0.1, -0.05) is 188 Å². The van der Waals surface area contributed by atoms with E-state index in [1.165, 1.54) is 4.90 Å². The van der Waals surface area contributed by atoms with Crippen molar-refractivity contribution in [3.8, 4) is 22.3 Å². The van der Waals surface area contributed by atoms with Crippen LogP contribution in [0.1, 0.15) is 37.3 Å². The smallest absolute Gasteiger partial charge is 0.0714 e. The molecule has 9 aromatic rings. The molecule has 1 aliphatic carbocycles. The van der Waals surface area contributed by atoms with Gasteiger partial charge in [0.2, 0.25) is 0 Å². The number of benzene rings is 9. The van der Waals surface area contributed by atoms with Crippen LogP contribution in [0, 0.1) is 0 Å². The number of nitrogens with zero attached hydrogens (tertiary/aromatic N) is 1. The van der Waals surface area contributed by atoms with E-state index in [1.807, 2.05) is 97.1 Å². The first-order valence-electron chi connectivity index (χ1n) is 22.6. The second-order valence-electron chi connectivity index (χ2n) is 12.8. The first-order chi connectivity index (χ1) is 30.4. The maximum atomic E-state index is 9.87. The predicted molar refractivity (Wildman–Crippen MR) is 219 cm³/mol. The summed E-state index contributed by atoms with van der Waals surface area (Å²) < 4.78 is 102. The van der Waals surface area contributed by atoms with Crippen LogP contribution in [0.15, 0.2) is 212 Å². The van der Waals surface area contributed by atoms with Gasteiger partial charge in [-0.3, -0.25) is 0 Å². The first kappa shape index (κ1) is 20.8. The van der Waals surface area contributed by atoms with Gasteiger partial charge in [-0.05, 0) is 79.3 Å². The molecule has 0 unspecified atom stereocenters. The average molecular weight is 673 g/mol. The second kappa shape index (κ2) is 12.3. The Morgan fingerprint density at radius 3 is 1.83 bits per heavy atom. The lowest BCUT2D eigenvalue weighted by molar-refractivity contribution is 0.768. The Hall–Kier alpha value is -6.70. The summed E-state index contributed by atoms with van der Waals surface area (Å²) in [7, 11) is 0. The lowest BCUT2D eigenvalue weighted by Crippen LogP contribution is -2.28. The fraction of sp³-hybridized carbons (Fsp3) is 0.0196. The van der Waals surface area contributed by atoms with Crippen LogP contribution in [0.2, 0.25) is 0 Å². The van der Waals surface area contributed by atoms with Crippen LogP contribution >= 0.6 is 0 Å². The summed E-state index contributed by atoms with van der Waals surface area (Å²) >= 11 is 0. The van der Waals surface area contributed by atoms with Crippen LogP contribution in [0.3, 0.4) is 0 Å². The van der Waals surface area contributed by atoms with Gasteiger partial charge in [0.05, 0.1) is 31.9 Å². The van der Waals surface area contributed by atoms with E-state index in [-0.39, 0.29) is 45.5 Å². The Morgan fingerprint density at radius 1 is 0.404 bits per heavy atom. The topological polar surface area (TPSA) is 3.24 Å². The van der Waals surface area contributed by atoms with Crippen LogP contribution in [0.25, 0.3) is 43.8 Å². The summed E-state index contributed by atoms with van der Waals surface area (Å²) in [4.78, 5) is 1.37. The second-order valence-corrected chi connectivity index (χ2v) is 12.8. The summed E-state index contributed by atoms with van der Waals surface area (Å²) in [5, 5.41) is 1.000. The third kappa shape index (κ3) is 4.56. The lowest BCUT2D eigenvalue weighted by atomic mass is 9.68. The SMILES string of the molecule is [2H]c1c([2H])c(N(c2cccc3c2-c2ccccc2C3(c2ccccc2)c2ccccc2)c2c([2H])c([2H])c([2H])c3c([2H])c([2H])c([2H])c([2H])c23)c([2H])c([2H])c1-c1cccc2ccccc12. The van der Waals surface area contributed by atoms with E-state index < -0.39 is 59.8 Å². The molecule has 0 aromatic heterocycles. The van der Waals surface area contributed by atoms with Gasteiger partial charge in [-0.25, -0.2) is 0 Å². The number of anilines is 3. The van der Waals surface area contributed by atoms with Crippen molar-refractivity contribution in [3.63, 3.8) is 0 Å². The molecule has 0 atom stereocenters. The molecule has 52 heavy (non-hydrogen) atoms. The summed E-state index contributed by atoms with van der Waals surface area (Å²) in [5.41, 5.74) is 4.32. The molecule has 1 nitrogen and oxygen atoms in total. The fourth-order valence-electron chi connectivity index (χ4n) is 7.98.